The third-order valence-corrected chi connectivity index (χ3v) is 2.77. The molecule has 0 bridgehead atoms. The molecular weight excluding hydrogens is 246 g/mol. The zero-order chi connectivity index (χ0) is 14.6. The van der Waals surface area contributed by atoms with Crippen molar-refractivity contribution < 1.29 is 14.3 Å². The molecule has 19 heavy (non-hydrogen) atoms. The topological polar surface area (TPSA) is 75.9 Å². The Labute approximate surface area is 112 Å². The van der Waals surface area contributed by atoms with Crippen LogP contribution in [0.3, 0.4) is 0 Å². The van der Waals surface area contributed by atoms with Gasteiger partial charge in [0.1, 0.15) is 0 Å². The average Bonchev–Trinajstić information content (AvgIpc) is 2.37. The van der Waals surface area contributed by atoms with Crippen molar-refractivity contribution in [3.63, 3.8) is 0 Å². The van der Waals surface area contributed by atoms with Crippen LogP contribution in [0, 0.1) is 0 Å². The quantitative estimate of drug-likeness (QED) is 0.636. The summed E-state index contributed by atoms with van der Waals surface area (Å²) in [6, 6.07) is 5.05. The van der Waals surface area contributed by atoms with Gasteiger partial charge in [-0.1, -0.05) is 6.07 Å². The Hall–Kier alpha value is -2.24. The summed E-state index contributed by atoms with van der Waals surface area (Å²) in [6.45, 7) is 0.182. The van der Waals surface area contributed by atoms with Gasteiger partial charge in [-0.15, -0.1) is 0 Å². The van der Waals surface area contributed by atoms with Gasteiger partial charge in [-0.3, -0.25) is 4.79 Å². The molecule has 0 fully saturated rings. The van der Waals surface area contributed by atoms with E-state index in [1.54, 1.807) is 44.2 Å². The average molecular weight is 265 g/mol. The van der Waals surface area contributed by atoms with E-state index >= 15 is 0 Å². The largest absolute Gasteiger partial charge is 0.465 e. The third-order valence-electron chi connectivity index (χ3n) is 2.77. The predicted molar refractivity (Wildman–Crippen MR) is 74.2 cm³/mol. The molecule has 0 saturated carbocycles. The smallest absolute Gasteiger partial charge is 0.340 e. The van der Waals surface area contributed by atoms with Crippen molar-refractivity contribution in [2.45, 2.75) is 0 Å². The Kier molecular flexibility index (Phi) is 4.74. The summed E-state index contributed by atoms with van der Waals surface area (Å²) in [5.74, 6) is -0.544. The molecule has 0 saturated heterocycles. The summed E-state index contributed by atoms with van der Waals surface area (Å²) in [6.07, 6.45) is 0. The molecule has 1 aromatic carbocycles. The van der Waals surface area contributed by atoms with Gasteiger partial charge >= 0.3 is 5.97 Å². The Balaban J connectivity index is 3.01. The molecule has 2 N–H and O–H groups in total. The van der Waals surface area contributed by atoms with Crippen molar-refractivity contribution in [3.8, 4) is 0 Å². The second-order valence-electron chi connectivity index (χ2n) is 4.37. The van der Waals surface area contributed by atoms with Crippen molar-refractivity contribution in [1.29, 1.82) is 0 Å². The minimum absolute atomic E-state index is 0.0506. The summed E-state index contributed by atoms with van der Waals surface area (Å²) in [7, 11) is 6.41. The van der Waals surface area contributed by atoms with Crippen LogP contribution in [-0.4, -0.2) is 51.6 Å². The lowest BCUT2D eigenvalue weighted by Gasteiger charge is -2.23. The van der Waals surface area contributed by atoms with E-state index in [0.29, 0.717) is 16.9 Å². The Morgan fingerprint density at radius 3 is 2.42 bits per heavy atom. The predicted octanol–water partition coefficient (Wildman–Crippen LogP) is 0.580. The molecule has 0 aliphatic heterocycles. The first-order valence-electron chi connectivity index (χ1n) is 5.76. The molecule has 0 aliphatic rings. The zero-order valence-electron chi connectivity index (χ0n) is 11.6. The van der Waals surface area contributed by atoms with Crippen LogP contribution < -0.4 is 10.6 Å². The maximum absolute atomic E-state index is 11.7. The number of amides is 1. The lowest BCUT2D eigenvalue weighted by Crippen LogP contribution is -2.34. The van der Waals surface area contributed by atoms with Gasteiger partial charge in [0.05, 0.1) is 30.6 Å². The van der Waals surface area contributed by atoms with E-state index in [4.69, 9.17) is 5.73 Å². The van der Waals surface area contributed by atoms with Gasteiger partial charge in [-0.05, 0) is 12.1 Å². The molecule has 0 aliphatic carbocycles. The van der Waals surface area contributed by atoms with Crippen LogP contribution in [0.5, 0.6) is 0 Å². The number of nitrogen functional groups attached to an aromatic ring is 1. The Bertz CT molecular complexity index is 486. The molecule has 0 spiro atoms. The van der Waals surface area contributed by atoms with Crippen LogP contribution in [0.15, 0.2) is 18.2 Å². The molecule has 6 nitrogen and oxygen atoms in total. The molecule has 1 rings (SSSR count). The van der Waals surface area contributed by atoms with Crippen molar-refractivity contribution >= 4 is 23.3 Å². The van der Waals surface area contributed by atoms with Crippen molar-refractivity contribution in [2.75, 3.05) is 45.4 Å². The lowest BCUT2D eigenvalue weighted by atomic mass is 10.1. The van der Waals surface area contributed by atoms with Gasteiger partial charge in [0.15, 0.2) is 0 Å². The summed E-state index contributed by atoms with van der Waals surface area (Å²) in [4.78, 5) is 26.4. The summed E-state index contributed by atoms with van der Waals surface area (Å²) >= 11 is 0. The van der Waals surface area contributed by atoms with Crippen LogP contribution in [0.25, 0.3) is 0 Å². The number of nitrogens with two attached hydrogens (primary N) is 1. The number of likely N-dealkylation sites (N-methyl/N-ethyl adjacent to an activating group) is 2. The minimum atomic E-state index is -0.494. The number of rotatable bonds is 4. The van der Waals surface area contributed by atoms with Gasteiger partial charge in [-0.25, -0.2) is 4.79 Å². The van der Waals surface area contributed by atoms with E-state index in [0.717, 1.165) is 0 Å². The standard InChI is InChI=1S/C13H19N3O3/c1-15(2)11(17)8-16(3)10-7-5-6-9(12(10)14)13(18)19-4/h5-7H,8,14H2,1-4H3. The Morgan fingerprint density at radius 1 is 1.26 bits per heavy atom. The molecule has 0 heterocycles. The van der Waals surface area contributed by atoms with Gasteiger partial charge < -0.3 is 20.3 Å². The van der Waals surface area contributed by atoms with Crippen molar-refractivity contribution in [2.24, 2.45) is 0 Å². The molecule has 0 unspecified atom stereocenters. The van der Waals surface area contributed by atoms with Crippen molar-refractivity contribution in [1.82, 2.24) is 4.90 Å². The normalized spacial score (nSPS) is 9.89. The van der Waals surface area contributed by atoms with E-state index in [-0.39, 0.29) is 12.5 Å². The number of carbonyl (C=O) groups is 2. The number of anilines is 2. The number of esters is 1. The highest BCUT2D eigenvalue weighted by Gasteiger charge is 2.16. The van der Waals surface area contributed by atoms with E-state index in [1.165, 1.54) is 12.0 Å². The first-order valence-corrected chi connectivity index (χ1v) is 5.76. The summed E-state index contributed by atoms with van der Waals surface area (Å²) in [5.41, 5.74) is 7.17. The molecule has 104 valence electrons. The first kappa shape index (κ1) is 14.8. The number of ether oxygens (including phenoxy) is 1. The van der Waals surface area contributed by atoms with Gasteiger partial charge in [0.25, 0.3) is 0 Å². The SMILES string of the molecule is COC(=O)c1cccc(N(C)CC(=O)N(C)C)c1N. The van der Waals surface area contributed by atoms with E-state index < -0.39 is 5.97 Å². The number of nitrogens with zero attached hydrogens (tertiary/aromatic N) is 2. The molecular formula is C13H19N3O3. The van der Waals surface area contributed by atoms with Crippen LogP contribution in [0.1, 0.15) is 10.4 Å². The first-order chi connectivity index (χ1) is 8.88. The molecule has 6 heteroatoms. The fraction of sp³-hybridized carbons (Fsp3) is 0.385. The number of methoxy groups -OCH3 is 1. The maximum Gasteiger partial charge on any atom is 0.340 e. The zero-order valence-corrected chi connectivity index (χ0v) is 11.6. The monoisotopic (exact) mass is 265 g/mol. The van der Waals surface area contributed by atoms with Crippen LogP contribution >= 0.6 is 0 Å². The second-order valence-corrected chi connectivity index (χ2v) is 4.37. The van der Waals surface area contributed by atoms with Gasteiger partial charge in [-0.2, -0.15) is 0 Å². The number of benzene rings is 1. The second kappa shape index (κ2) is 6.08. The highest BCUT2D eigenvalue weighted by molar-refractivity contribution is 5.98. The maximum atomic E-state index is 11.7. The summed E-state index contributed by atoms with van der Waals surface area (Å²) < 4.78 is 4.66. The number of hydrogen-bond acceptors (Lipinski definition) is 5. The lowest BCUT2D eigenvalue weighted by molar-refractivity contribution is -0.127. The molecule has 1 aromatic rings. The Morgan fingerprint density at radius 2 is 1.89 bits per heavy atom. The highest BCUT2D eigenvalue weighted by atomic mass is 16.5. The van der Waals surface area contributed by atoms with E-state index in [9.17, 15) is 9.59 Å². The van der Waals surface area contributed by atoms with Gasteiger partial charge in [0.2, 0.25) is 5.91 Å². The van der Waals surface area contributed by atoms with Crippen LogP contribution in [0.2, 0.25) is 0 Å². The molecule has 0 aromatic heterocycles. The molecule has 0 radical (unpaired) electrons. The summed E-state index contributed by atoms with van der Waals surface area (Å²) in [5, 5.41) is 0. The fourth-order valence-electron chi connectivity index (χ4n) is 1.60. The van der Waals surface area contributed by atoms with Crippen LogP contribution in [0.4, 0.5) is 11.4 Å². The van der Waals surface area contributed by atoms with E-state index in [1.807, 2.05) is 0 Å². The highest BCUT2D eigenvalue weighted by Crippen LogP contribution is 2.26. The van der Waals surface area contributed by atoms with Crippen molar-refractivity contribution in [3.05, 3.63) is 23.8 Å². The van der Waals surface area contributed by atoms with E-state index in [2.05, 4.69) is 4.74 Å². The fourth-order valence-corrected chi connectivity index (χ4v) is 1.60. The third kappa shape index (κ3) is 3.37. The number of hydrogen-bond donors (Lipinski definition) is 1. The minimum Gasteiger partial charge on any atom is -0.465 e. The number of carbonyl (C=O) groups excluding carboxylic acids is 2. The van der Waals surface area contributed by atoms with Gasteiger partial charge in [0, 0.05) is 21.1 Å². The molecule has 1 amide bonds. The number of para-hydroxylation sites is 1. The molecule has 0 atom stereocenters. The van der Waals surface area contributed by atoms with Crippen LogP contribution in [-0.2, 0) is 9.53 Å².